The van der Waals surface area contributed by atoms with Gasteiger partial charge in [-0.15, -0.1) is 0 Å². The third-order valence-corrected chi connectivity index (χ3v) is 4.85. The molecule has 0 radical (unpaired) electrons. The highest BCUT2D eigenvalue weighted by atomic mass is 19.1. The van der Waals surface area contributed by atoms with E-state index in [1.807, 2.05) is 24.3 Å². The summed E-state index contributed by atoms with van der Waals surface area (Å²) in [5.41, 5.74) is 0.0425. The van der Waals surface area contributed by atoms with Crippen LogP contribution in [0.2, 0.25) is 0 Å². The van der Waals surface area contributed by atoms with Crippen LogP contribution in [0, 0.1) is 11.6 Å². The van der Waals surface area contributed by atoms with Gasteiger partial charge in [-0.2, -0.15) is 0 Å². The van der Waals surface area contributed by atoms with Crippen molar-refractivity contribution in [1.82, 2.24) is 19.9 Å². The quantitative estimate of drug-likeness (QED) is 0.637. The third-order valence-electron chi connectivity index (χ3n) is 4.85. The first-order chi connectivity index (χ1) is 15.1. The summed E-state index contributed by atoms with van der Waals surface area (Å²) in [6, 6.07) is 10.5. The lowest BCUT2D eigenvalue weighted by Gasteiger charge is -2.35. The normalized spacial score (nSPS) is 14.1. The molecular weight excluding hydrogens is 402 g/mol. The molecule has 7 nitrogen and oxygen atoms in total. The van der Waals surface area contributed by atoms with Gasteiger partial charge in [-0.3, -0.25) is 4.79 Å². The number of hydrogen-bond acceptors (Lipinski definition) is 6. The maximum atomic E-state index is 13.7. The zero-order valence-electron chi connectivity index (χ0n) is 16.6. The second-order valence-electron chi connectivity index (χ2n) is 6.91. The molecule has 158 valence electrons. The maximum Gasteiger partial charge on any atom is 0.246 e. The standard InChI is InChI=1S/C22H20F2N6O/c23-17-5-6-18(24)16(13-17)4-7-22(31)30-11-9-29(10-12-30)21-14-20(26-15-27-21)28-19-3-1-2-8-25-19/h1-8,13-15H,9-12H2,(H,25,26,27,28)/b7-4+. The summed E-state index contributed by atoms with van der Waals surface area (Å²) in [5.74, 6) is 0.686. The Morgan fingerprint density at radius 1 is 0.968 bits per heavy atom. The van der Waals surface area contributed by atoms with Crippen molar-refractivity contribution < 1.29 is 13.6 Å². The predicted octanol–water partition coefficient (Wildman–Crippen LogP) is 3.26. The van der Waals surface area contributed by atoms with Crippen molar-refractivity contribution in [2.75, 3.05) is 36.4 Å². The Morgan fingerprint density at radius 2 is 1.81 bits per heavy atom. The van der Waals surface area contributed by atoms with Gasteiger partial charge in [-0.25, -0.2) is 23.7 Å². The van der Waals surface area contributed by atoms with E-state index in [-0.39, 0.29) is 11.5 Å². The minimum absolute atomic E-state index is 0.0425. The molecule has 1 saturated heterocycles. The van der Waals surface area contributed by atoms with Gasteiger partial charge in [0.05, 0.1) is 0 Å². The molecule has 3 heterocycles. The second-order valence-corrected chi connectivity index (χ2v) is 6.91. The van der Waals surface area contributed by atoms with Gasteiger partial charge in [0.2, 0.25) is 5.91 Å². The number of carbonyl (C=O) groups excluding carboxylic acids is 1. The monoisotopic (exact) mass is 422 g/mol. The lowest BCUT2D eigenvalue weighted by Crippen LogP contribution is -2.48. The maximum absolute atomic E-state index is 13.7. The number of aromatic nitrogens is 3. The Balaban J connectivity index is 1.35. The van der Waals surface area contributed by atoms with Crippen LogP contribution in [-0.2, 0) is 4.79 Å². The Morgan fingerprint density at radius 3 is 2.58 bits per heavy atom. The van der Waals surface area contributed by atoms with Crippen LogP contribution in [0.5, 0.6) is 0 Å². The Hall–Kier alpha value is -3.88. The molecule has 1 aliphatic heterocycles. The Kier molecular flexibility index (Phi) is 6.11. The van der Waals surface area contributed by atoms with Gasteiger partial charge >= 0.3 is 0 Å². The number of pyridine rings is 1. The number of amides is 1. The largest absolute Gasteiger partial charge is 0.353 e. The molecule has 1 amide bonds. The predicted molar refractivity (Wildman–Crippen MR) is 114 cm³/mol. The van der Waals surface area contributed by atoms with Crippen LogP contribution >= 0.6 is 0 Å². The molecule has 31 heavy (non-hydrogen) atoms. The van der Waals surface area contributed by atoms with E-state index in [2.05, 4.69) is 25.2 Å². The number of carbonyl (C=O) groups is 1. The van der Waals surface area contributed by atoms with Crippen LogP contribution < -0.4 is 10.2 Å². The average Bonchev–Trinajstić information content (AvgIpc) is 2.80. The molecule has 1 aromatic carbocycles. The summed E-state index contributed by atoms with van der Waals surface area (Å²) < 4.78 is 27.0. The molecule has 4 rings (SSSR count). The summed E-state index contributed by atoms with van der Waals surface area (Å²) in [7, 11) is 0. The molecule has 2 aromatic heterocycles. The lowest BCUT2D eigenvalue weighted by molar-refractivity contribution is -0.126. The zero-order chi connectivity index (χ0) is 21.6. The average molecular weight is 422 g/mol. The minimum Gasteiger partial charge on any atom is -0.353 e. The first-order valence-electron chi connectivity index (χ1n) is 9.75. The Bertz CT molecular complexity index is 1080. The fourth-order valence-corrected chi connectivity index (χ4v) is 3.22. The highest BCUT2D eigenvalue weighted by Gasteiger charge is 2.21. The molecule has 3 aromatic rings. The highest BCUT2D eigenvalue weighted by Crippen LogP contribution is 2.19. The minimum atomic E-state index is -0.575. The molecule has 0 bridgehead atoms. The van der Waals surface area contributed by atoms with Gasteiger partial charge < -0.3 is 15.1 Å². The number of anilines is 3. The molecule has 0 spiro atoms. The number of halogens is 2. The van der Waals surface area contributed by atoms with Gasteiger partial charge in [-0.1, -0.05) is 6.07 Å². The van der Waals surface area contributed by atoms with Crippen molar-refractivity contribution in [1.29, 1.82) is 0 Å². The molecule has 0 atom stereocenters. The van der Waals surface area contributed by atoms with E-state index >= 15 is 0 Å². The number of nitrogens with zero attached hydrogens (tertiary/aromatic N) is 5. The van der Waals surface area contributed by atoms with Gasteiger partial charge in [0.25, 0.3) is 0 Å². The molecule has 0 unspecified atom stereocenters. The summed E-state index contributed by atoms with van der Waals surface area (Å²) in [5, 5.41) is 3.13. The van der Waals surface area contributed by atoms with Crippen molar-refractivity contribution in [2.24, 2.45) is 0 Å². The first kappa shape index (κ1) is 20.4. The van der Waals surface area contributed by atoms with Crippen molar-refractivity contribution in [3.63, 3.8) is 0 Å². The van der Waals surface area contributed by atoms with Crippen molar-refractivity contribution in [3.8, 4) is 0 Å². The number of benzene rings is 1. The second kappa shape index (κ2) is 9.29. The van der Waals surface area contributed by atoms with E-state index in [1.54, 1.807) is 11.1 Å². The number of piperazine rings is 1. The molecule has 1 N–H and O–H groups in total. The van der Waals surface area contributed by atoms with Crippen LogP contribution in [0.1, 0.15) is 5.56 Å². The van der Waals surface area contributed by atoms with Gasteiger partial charge in [0, 0.05) is 50.1 Å². The molecule has 1 aliphatic rings. The van der Waals surface area contributed by atoms with E-state index in [9.17, 15) is 13.6 Å². The van der Waals surface area contributed by atoms with E-state index in [1.165, 1.54) is 18.5 Å². The van der Waals surface area contributed by atoms with Crippen LogP contribution in [0.15, 0.2) is 61.1 Å². The van der Waals surface area contributed by atoms with E-state index in [0.29, 0.717) is 37.8 Å². The van der Waals surface area contributed by atoms with Crippen molar-refractivity contribution >= 4 is 29.4 Å². The van der Waals surface area contributed by atoms with Crippen LogP contribution in [-0.4, -0.2) is 51.9 Å². The number of hydrogen-bond donors (Lipinski definition) is 1. The number of nitrogens with one attached hydrogen (secondary N) is 1. The zero-order valence-corrected chi connectivity index (χ0v) is 16.6. The highest BCUT2D eigenvalue weighted by molar-refractivity contribution is 5.92. The van der Waals surface area contributed by atoms with Crippen LogP contribution in [0.4, 0.5) is 26.2 Å². The SMILES string of the molecule is O=C(/C=C/c1cc(F)ccc1F)N1CCN(c2cc(Nc3ccccn3)ncn2)CC1. The van der Waals surface area contributed by atoms with Crippen LogP contribution in [0.3, 0.4) is 0 Å². The van der Waals surface area contributed by atoms with Gasteiger partial charge in [0.1, 0.15) is 35.4 Å². The van der Waals surface area contributed by atoms with E-state index in [0.717, 1.165) is 24.0 Å². The summed E-state index contributed by atoms with van der Waals surface area (Å²) in [6.45, 7) is 2.16. The first-order valence-corrected chi connectivity index (χ1v) is 9.75. The lowest BCUT2D eigenvalue weighted by atomic mass is 10.2. The van der Waals surface area contributed by atoms with Crippen molar-refractivity contribution in [2.45, 2.75) is 0 Å². The van der Waals surface area contributed by atoms with E-state index < -0.39 is 11.6 Å². The van der Waals surface area contributed by atoms with Gasteiger partial charge in [0.15, 0.2) is 0 Å². The summed E-state index contributed by atoms with van der Waals surface area (Å²) in [4.78, 5) is 28.9. The molecular formula is C22H20F2N6O. The van der Waals surface area contributed by atoms with Crippen LogP contribution in [0.25, 0.3) is 6.08 Å². The van der Waals surface area contributed by atoms with Crippen molar-refractivity contribution in [3.05, 3.63) is 78.3 Å². The Labute approximate surface area is 178 Å². The fourth-order valence-electron chi connectivity index (χ4n) is 3.22. The summed E-state index contributed by atoms with van der Waals surface area (Å²) >= 11 is 0. The smallest absolute Gasteiger partial charge is 0.246 e. The molecule has 1 fully saturated rings. The topological polar surface area (TPSA) is 74.2 Å². The van der Waals surface area contributed by atoms with E-state index in [4.69, 9.17) is 0 Å². The molecule has 9 heteroatoms. The molecule has 0 saturated carbocycles. The fraction of sp³-hybridized carbons (Fsp3) is 0.182. The summed E-state index contributed by atoms with van der Waals surface area (Å²) in [6.07, 6.45) is 5.74. The third kappa shape index (κ3) is 5.19. The number of rotatable bonds is 5. The molecule has 0 aliphatic carbocycles. The van der Waals surface area contributed by atoms with Gasteiger partial charge in [-0.05, 0) is 36.4 Å².